The third-order valence-corrected chi connectivity index (χ3v) is 5.47. The van der Waals surface area contributed by atoms with Crippen LogP contribution in [0.15, 0.2) is 65.0 Å². The summed E-state index contributed by atoms with van der Waals surface area (Å²) < 4.78 is 54.3. The minimum absolute atomic E-state index is 0.0202. The Hall–Kier alpha value is -4.28. The van der Waals surface area contributed by atoms with Crippen molar-refractivity contribution in [3.05, 3.63) is 81.9 Å². The van der Waals surface area contributed by atoms with Gasteiger partial charge in [-0.25, -0.2) is 14.0 Å². The Balaban J connectivity index is 2.18. The molecule has 8 nitrogen and oxygen atoms in total. The number of esters is 2. The van der Waals surface area contributed by atoms with Gasteiger partial charge in [0, 0.05) is 28.2 Å². The number of carbonyl (C=O) groups is 3. The first-order chi connectivity index (χ1) is 17.1. The Labute approximate surface area is 204 Å². The zero-order valence-corrected chi connectivity index (χ0v) is 19.8. The number of methoxy groups -OCH3 is 2. The van der Waals surface area contributed by atoms with Gasteiger partial charge in [-0.2, -0.15) is 8.78 Å². The molecule has 0 bridgehead atoms. The second kappa shape index (κ2) is 11.0. The van der Waals surface area contributed by atoms with Crippen LogP contribution in [0.3, 0.4) is 0 Å². The monoisotopic (exact) mass is 504 g/mol. The van der Waals surface area contributed by atoms with Crippen LogP contribution < -0.4 is 15.4 Å². The molecule has 0 aromatic heterocycles. The largest absolute Gasteiger partial charge is 0.466 e. The third-order valence-electron chi connectivity index (χ3n) is 5.47. The van der Waals surface area contributed by atoms with Crippen LogP contribution in [0.4, 0.5) is 18.9 Å². The highest BCUT2D eigenvalue weighted by molar-refractivity contribution is 6.04. The molecule has 0 unspecified atom stereocenters. The number of allylic oxidation sites excluding steroid dienone is 2. The number of rotatable bonds is 7. The van der Waals surface area contributed by atoms with Gasteiger partial charge in [0.15, 0.2) is 0 Å². The summed E-state index contributed by atoms with van der Waals surface area (Å²) >= 11 is 0. The lowest BCUT2D eigenvalue weighted by atomic mass is 9.79. The normalized spacial score (nSPS) is 13.9. The van der Waals surface area contributed by atoms with E-state index in [4.69, 9.17) is 14.2 Å². The number of hydrogen-bond donors (Lipinski definition) is 2. The molecule has 2 N–H and O–H groups in total. The Kier molecular flexibility index (Phi) is 8.03. The summed E-state index contributed by atoms with van der Waals surface area (Å²) in [7, 11) is 2.27. The molecule has 1 aliphatic rings. The molecular formula is C25H23F3N2O6. The van der Waals surface area contributed by atoms with E-state index >= 15 is 0 Å². The van der Waals surface area contributed by atoms with Crippen LogP contribution in [0.2, 0.25) is 0 Å². The first kappa shape index (κ1) is 26.3. The maximum absolute atomic E-state index is 13.3. The summed E-state index contributed by atoms with van der Waals surface area (Å²) in [4.78, 5) is 38.2. The molecule has 11 heteroatoms. The van der Waals surface area contributed by atoms with Crippen molar-refractivity contribution < 1.29 is 41.8 Å². The number of benzene rings is 2. The van der Waals surface area contributed by atoms with Gasteiger partial charge >= 0.3 is 18.6 Å². The minimum atomic E-state index is -3.22. The summed E-state index contributed by atoms with van der Waals surface area (Å²) in [5, 5.41) is 5.50. The standard InChI is InChI=1S/C25H23F3N2O6/c1-12-19(23(32)34-3)21(20(13(2)29-12)24(33)35-4)17-11-16(9-10-18(17)36-25(27)28)30-22(31)14-5-7-15(26)8-6-14/h5-11,21,25,29H,1-4H3,(H,30,31). The van der Waals surface area contributed by atoms with Crippen molar-refractivity contribution in [3.63, 3.8) is 0 Å². The third kappa shape index (κ3) is 5.51. The smallest absolute Gasteiger partial charge is 0.387 e. The van der Waals surface area contributed by atoms with E-state index in [9.17, 15) is 27.6 Å². The average Bonchev–Trinajstić information content (AvgIpc) is 2.83. The zero-order chi connectivity index (χ0) is 26.6. The van der Waals surface area contributed by atoms with Crippen molar-refractivity contribution in [2.45, 2.75) is 26.4 Å². The van der Waals surface area contributed by atoms with Crippen molar-refractivity contribution in [2.24, 2.45) is 0 Å². The molecule has 36 heavy (non-hydrogen) atoms. The number of halogens is 3. The molecule has 0 fully saturated rings. The van der Waals surface area contributed by atoms with Crippen molar-refractivity contribution in [2.75, 3.05) is 19.5 Å². The lowest BCUT2D eigenvalue weighted by molar-refractivity contribution is -0.137. The van der Waals surface area contributed by atoms with E-state index in [-0.39, 0.29) is 33.7 Å². The lowest BCUT2D eigenvalue weighted by Crippen LogP contribution is -2.32. The highest BCUT2D eigenvalue weighted by atomic mass is 19.3. The molecule has 0 saturated carbocycles. The highest BCUT2D eigenvalue weighted by Gasteiger charge is 2.39. The van der Waals surface area contributed by atoms with E-state index in [0.717, 1.165) is 26.4 Å². The van der Waals surface area contributed by atoms with Crippen LogP contribution in [0.5, 0.6) is 5.75 Å². The molecule has 2 aromatic carbocycles. The van der Waals surface area contributed by atoms with E-state index in [2.05, 4.69) is 10.6 Å². The molecule has 0 radical (unpaired) electrons. The van der Waals surface area contributed by atoms with E-state index in [1.54, 1.807) is 13.8 Å². The Morgan fingerprint density at radius 3 is 1.97 bits per heavy atom. The van der Waals surface area contributed by atoms with Crippen LogP contribution in [-0.2, 0) is 19.1 Å². The summed E-state index contributed by atoms with van der Waals surface area (Å²) in [5.74, 6) is -4.33. The van der Waals surface area contributed by atoms with Crippen LogP contribution >= 0.6 is 0 Å². The second-order valence-corrected chi connectivity index (χ2v) is 7.71. The molecule has 190 valence electrons. The fourth-order valence-electron chi connectivity index (χ4n) is 3.93. The number of dihydropyridines is 1. The Morgan fingerprint density at radius 1 is 0.917 bits per heavy atom. The molecule has 1 heterocycles. The molecule has 1 amide bonds. The van der Waals surface area contributed by atoms with Gasteiger partial charge in [0.05, 0.1) is 31.3 Å². The fraction of sp³-hybridized carbons (Fsp3) is 0.240. The average molecular weight is 504 g/mol. The van der Waals surface area contributed by atoms with E-state index < -0.39 is 36.2 Å². The molecule has 2 aromatic rings. The SMILES string of the molecule is COC(=O)C1=C(C)NC(C)=C(C(=O)OC)C1c1cc(NC(=O)c2ccc(F)cc2)ccc1OC(F)F. The molecule has 0 atom stereocenters. The van der Waals surface area contributed by atoms with E-state index in [0.29, 0.717) is 11.4 Å². The predicted octanol–water partition coefficient (Wildman–Crippen LogP) is 4.26. The summed E-state index contributed by atoms with van der Waals surface area (Å²) in [6.07, 6.45) is 0. The maximum atomic E-state index is 13.3. The van der Waals surface area contributed by atoms with Gasteiger partial charge in [-0.05, 0) is 56.3 Å². The Bertz CT molecular complexity index is 1220. The van der Waals surface area contributed by atoms with Crippen LogP contribution in [0.25, 0.3) is 0 Å². The van der Waals surface area contributed by atoms with Gasteiger partial charge in [0.25, 0.3) is 5.91 Å². The van der Waals surface area contributed by atoms with Gasteiger partial charge < -0.3 is 24.8 Å². The van der Waals surface area contributed by atoms with E-state index in [1.807, 2.05) is 0 Å². The fourth-order valence-corrected chi connectivity index (χ4v) is 3.93. The van der Waals surface area contributed by atoms with Crippen molar-refractivity contribution in [3.8, 4) is 5.75 Å². The van der Waals surface area contributed by atoms with E-state index in [1.165, 1.54) is 30.3 Å². The molecule has 3 rings (SSSR count). The summed E-state index contributed by atoms with van der Waals surface area (Å²) in [6, 6.07) is 8.57. The number of hydrogen-bond acceptors (Lipinski definition) is 7. The van der Waals surface area contributed by atoms with Crippen molar-refractivity contribution in [1.29, 1.82) is 0 Å². The van der Waals surface area contributed by atoms with Gasteiger partial charge in [-0.1, -0.05) is 0 Å². The number of nitrogens with one attached hydrogen (secondary N) is 2. The van der Waals surface area contributed by atoms with Gasteiger partial charge in [-0.15, -0.1) is 0 Å². The van der Waals surface area contributed by atoms with Gasteiger partial charge in [-0.3, -0.25) is 4.79 Å². The molecule has 0 saturated heterocycles. The first-order valence-electron chi connectivity index (χ1n) is 10.6. The molecular weight excluding hydrogens is 481 g/mol. The quantitative estimate of drug-likeness (QED) is 0.543. The highest BCUT2D eigenvalue weighted by Crippen LogP contribution is 2.44. The number of anilines is 1. The maximum Gasteiger partial charge on any atom is 0.387 e. The Morgan fingerprint density at radius 2 is 1.47 bits per heavy atom. The number of carbonyl (C=O) groups excluding carboxylic acids is 3. The lowest BCUT2D eigenvalue weighted by Gasteiger charge is -2.31. The van der Waals surface area contributed by atoms with Crippen LogP contribution in [-0.4, -0.2) is 38.7 Å². The molecule has 0 aliphatic carbocycles. The zero-order valence-electron chi connectivity index (χ0n) is 19.8. The molecule has 1 aliphatic heterocycles. The summed E-state index contributed by atoms with van der Waals surface area (Å²) in [5.41, 5.74) is 0.830. The van der Waals surface area contributed by atoms with Gasteiger partial charge in [0.1, 0.15) is 11.6 Å². The first-order valence-corrected chi connectivity index (χ1v) is 10.6. The van der Waals surface area contributed by atoms with Crippen molar-refractivity contribution >= 4 is 23.5 Å². The van der Waals surface area contributed by atoms with Crippen LogP contribution in [0.1, 0.15) is 35.7 Å². The number of alkyl halides is 2. The van der Waals surface area contributed by atoms with Crippen LogP contribution in [0, 0.1) is 5.82 Å². The predicted molar refractivity (Wildman–Crippen MR) is 123 cm³/mol. The minimum Gasteiger partial charge on any atom is -0.466 e. The number of amides is 1. The second-order valence-electron chi connectivity index (χ2n) is 7.71. The topological polar surface area (TPSA) is 103 Å². The van der Waals surface area contributed by atoms with Crippen molar-refractivity contribution in [1.82, 2.24) is 5.32 Å². The molecule has 0 spiro atoms. The summed E-state index contributed by atoms with van der Waals surface area (Å²) in [6.45, 7) is -0.0988. The van der Waals surface area contributed by atoms with Gasteiger partial charge in [0.2, 0.25) is 0 Å². The number of ether oxygens (including phenoxy) is 3.